The van der Waals surface area contributed by atoms with E-state index in [9.17, 15) is 0 Å². The zero-order valence-corrected chi connectivity index (χ0v) is 13.8. The summed E-state index contributed by atoms with van der Waals surface area (Å²) in [5.41, 5.74) is 2.68. The average molecular weight is 290 g/mol. The minimum absolute atomic E-state index is 0.742. The molecule has 0 atom stereocenters. The van der Waals surface area contributed by atoms with Crippen LogP contribution in [0.1, 0.15) is 50.5 Å². The van der Waals surface area contributed by atoms with Gasteiger partial charge in [-0.15, -0.1) is 0 Å². The molecule has 1 saturated carbocycles. The molecule has 1 aromatic carbocycles. The van der Waals surface area contributed by atoms with E-state index >= 15 is 0 Å². The minimum Gasteiger partial charge on any atom is -0.0950 e. The number of rotatable bonds is 2. The van der Waals surface area contributed by atoms with Crippen LogP contribution in [-0.2, 0) is 10.9 Å². The SMILES string of the molecule is C=C(c1ccccc1)C1CCCCC1.C[S+]1CCCC1. The van der Waals surface area contributed by atoms with Gasteiger partial charge in [0.15, 0.2) is 0 Å². The van der Waals surface area contributed by atoms with E-state index in [1.165, 1.54) is 67.6 Å². The molecular weight excluding hydrogens is 260 g/mol. The van der Waals surface area contributed by atoms with E-state index in [-0.39, 0.29) is 0 Å². The van der Waals surface area contributed by atoms with Gasteiger partial charge in [-0.05, 0) is 53.6 Å². The van der Waals surface area contributed by atoms with Gasteiger partial charge in [0.05, 0.1) is 6.26 Å². The van der Waals surface area contributed by atoms with Crippen molar-refractivity contribution in [1.82, 2.24) is 0 Å². The summed E-state index contributed by atoms with van der Waals surface area (Å²) in [6.07, 6.45) is 12.2. The molecule has 1 aromatic rings. The molecule has 3 rings (SSSR count). The van der Waals surface area contributed by atoms with Crippen molar-refractivity contribution < 1.29 is 0 Å². The summed E-state index contributed by atoms with van der Waals surface area (Å²) in [4.78, 5) is 0. The minimum atomic E-state index is 0.742. The van der Waals surface area contributed by atoms with Crippen LogP contribution in [0, 0.1) is 5.92 Å². The maximum Gasteiger partial charge on any atom is 0.108 e. The molecule has 1 aliphatic heterocycles. The molecule has 1 heterocycles. The fourth-order valence-corrected chi connectivity index (χ4v) is 4.74. The highest BCUT2D eigenvalue weighted by Gasteiger charge is 2.17. The van der Waals surface area contributed by atoms with Crippen molar-refractivity contribution in [3.05, 3.63) is 42.5 Å². The summed E-state index contributed by atoms with van der Waals surface area (Å²) in [5.74, 6) is 3.77. The van der Waals surface area contributed by atoms with E-state index in [0.717, 1.165) is 16.8 Å². The molecule has 0 N–H and O–H groups in total. The van der Waals surface area contributed by atoms with Gasteiger partial charge < -0.3 is 0 Å². The summed E-state index contributed by atoms with van der Waals surface area (Å²) in [7, 11) is 0.827. The molecule has 0 aromatic heterocycles. The molecule has 0 nitrogen and oxygen atoms in total. The lowest BCUT2D eigenvalue weighted by atomic mass is 9.82. The molecule has 2 fully saturated rings. The van der Waals surface area contributed by atoms with Crippen LogP contribution in [0.2, 0.25) is 0 Å². The Morgan fingerprint density at radius 3 is 2.05 bits per heavy atom. The van der Waals surface area contributed by atoms with Crippen LogP contribution < -0.4 is 0 Å². The van der Waals surface area contributed by atoms with Crippen molar-refractivity contribution >= 4 is 16.5 Å². The second-order valence-electron chi connectivity index (χ2n) is 6.12. The number of hydrogen-bond donors (Lipinski definition) is 0. The molecule has 0 radical (unpaired) electrons. The highest BCUT2D eigenvalue weighted by Crippen LogP contribution is 2.33. The Morgan fingerprint density at radius 2 is 1.55 bits per heavy atom. The summed E-state index contributed by atoms with van der Waals surface area (Å²) < 4.78 is 0. The first kappa shape index (κ1) is 15.7. The highest BCUT2D eigenvalue weighted by molar-refractivity contribution is 7.96. The van der Waals surface area contributed by atoms with Crippen LogP contribution in [0.4, 0.5) is 0 Å². The van der Waals surface area contributed by atoms with Crippen LogP contribution in [0.3, 0.4) is 0 Å². The lowest BCUT2D eigenvalue weighted by Gasteiger charge is -2.23. The standard InChI is InChI=1S/C14H18.C5H11S/c1-12(13-8-4-2-5-9-13)14-10-6-3-7-11-14;1-6-4-2-3-5-6/h2,4-5,8-9,14H,1,3,6-7,10-11H2;2-5H2,1H3/q;+1. The zero-order valence-electron chi connectivity index (χ0n) is 12.9. The molecule has 2 aliphatic rings. The number of benzene rings is 1. The molecule has 0 unspecified atom stereocenters. The molecule has 0 bridgehead atoms. The zero-order chi connectivity index (χ0) is 14.2. The molecule has 1 saturated heterocycles. The van der Waals surface area contributed by atoms with Gasteiger partial charge in [-0.1, -0.05) is 56.2 Å². The van der Waals surface area contributed by atoms with E-state index in [2.05, 4.69) is 43.2 Å². The summed E-state index contributed by atoms with van der Waals surface area (Å²) in [6, 6.07) is 10.6. The maximum atomic E-state index is 4.25. The fourth-order valence-electron chi connectivity index (χ4n) is 3.14. The molecular formula is C19H29S+. The van der Waals surface area contributed by atoms with Crippen molar-refractivity contribution in [2.75, 3.05) is 17.8 Å². The van der Waals surface area contributed by atoms with Crippen LogP contribution in [0.25, 0.3) is 5.57 Å². The Hall–Kier alpha value is -0.690. The van der Waals surface area contributed by atoms with Gasteiger partial charge in [-0.25, -0.2) is 0 Å². The molecule has 0 amide bonds. The predicted octanol–water partition coefficient (Wildman–Crippen LogP) is 5.31. The molecule has 0 spiro atoms. The van der Waals surface area contributed by atoms with Gasteiger partial charge in [-0.2, -0.15) is 0 Å². The van der Waals surface area contributed by atoms with Gasteiger partial charge >= 0.3 is 0 Å². The Morgan fingerprint density at radius 1 is 0.950 bits per heavy atom. The summed E-state index contributed by atoms with van der Waals surface area (Å²) in [6.45, 7) is 4.25. The summed E-state index contributed by atoms with van der Waals surface area (Å²) in [5, 5.41) is 0. The van der Waals surface area contributed by atoms with E-state index in [1.54, 1.807) is 0 Å². The topological polar surface area (TPSA) is 0 Å². The Bertz CT molecular complexity index is 383. The molecule has 20 heavy (non-hydrogen) atoms. The Kier molecular flexibility index (Phi) is 6.72. The second kappa shape index (κ2) is 8.56. The fraction of sp³-hybridized carbons (Fsp3) is 0.579. The first-order valence-corrected chi connectivity index (χ1v) is 10.1. The first-order valence-electron chi connectivity index (χ1n) is 8.11. The first-order chi connectivity index (χ1) is 9.77. The molecule has 1 heteroatoms. The van der Waals surface area contributed by atoms with Crippen LogP contribution in [-0.4, -0.2) is 17.8 Å². The van der Waals surface area contributed by atoms with Crippen LogP contribution >= 0.6 is 0 Å². The normalized spacial score (nSPS) is 20.2. The van der Waals surface area contributed by atoms with E-state index in [1.807, 2.05) is 0 Å². The van der Waals surface area contributed by atoms with Crippen molar-refractivity contribution in [3.63, 3.8) is 0 Å². The van der Waals surface area contributed by atoms with Gasteiger partial charge in [0.1, 0.15) is 11.5 Å². The van der Waals surface area contributed by atoms with Crippen molar-refractivity contribution in [1.29, 1.82) is 0 Å². The molecule has 110 valence electrons. The van der Waals surface area contributed by atoms with Gasteiger partial charge in [0, 0.05) is 0 Å². The van der Waals surface area contributed by atoms with Gasteiger partial charge in [-0.3, -0.25) is 0 Å². The van der Waals surface area contributed by atoms with Crippen molar-refractivity contribution in [3.8, 4) is 0 Å². The third kappa shape index (κ3) is 5.01. The summed E-state index contributed by atoms with van der Waals surface area (Å²) >= 11 is 0. The Labute approximate surface area is 128 Å². The second-order valence-corrected chi connectivity index (χ2v) is 8.50. The Balaban J connectivity index is 0.000000205. The van der Waals surface area contributed by atoms with Crippen molar-refractivity contribution in [2.45, 2.75) is 44.9 Å². The van der Waals surface area contributed by atoms with Gasteiger partial charge in [0.2, 0.25) is 0 Å². The smallest absolute Gasteiger partial charge is 0.0950 e. The van der Waals surface area contributed by atoms with Crippen LogP contribution in [0.15, 0.2) is 36.9 Å². The average Bonchev–Trinajstić information content (AvgIpc) is 3.00. The van der Waals surface area contributed by atoms with E-state index in [0.29, 0.717) is 0 Å². The van der Waals surface area contributed by atoms with Gasteiger partial charge in [0.25, 0.3) is 0 Å². The largest absolute Gasteiger partial charge is 0.108 e. The van der Waals surface area contributed by atoms with Crippen molar-refractivity contribution in [2.24, 2.45) is 5.92 Å². The van der Waals surface area contributed by atoms with E-state index in [4.69, 9.17) is 0 Å². The number of hydrogen-bond acceptors (Lipinski definition) is 0. The third-order valence-corrected chi connectivity index (χ3v) is 6.45. The highest BCUT2D eigenvalue weighted by atomic mass is 32.2. The van der Waals surface area contributed by atoms with E-state index < -0.39 is 0 Å². The number of allylic oxidation sites excluding steroid dienone is 1. The van der Waals surface area contributed by atoms with Crippen LogP contribution in [0.5, 0.6) is 0 Å². The quantitative estimate of drug-likeness (QED) is 0.647. The lowest BCUT2D eigenvalue weighted by molar-refractivity contribution is 0.430. The third-order valence-electron chi connectivity index (χ3n) is 4.48. The molecule has 1 aliphatic carbocycles. The predicted molar refractivity (Wildman–Crippen MR) is 94.3 cm³/mol. The monoisotopic (exact) mass is 289 g/mol. The lowest BCUT2D eigenvalue weighted by Crippen LogP contribution is -2.07. The maximum absolute atomic E-state index is 4.25.